The van der Waals surface area contributed by atoms with E-state index in [9.17, 15) is 0 Å². The van der Waals surface area contributed by atoms with Crippen LogP contribution < -0.4 is 5.73 Å². The molecule has 0 bridgehead atoms. The van der Waals surface area contributed by atoms with Crippen LogP contribution in [0.5, 0.6) is 0 Å². The third kappa shape index (κ3) is 1.73. The Morgan fingerprint density at radius 2 is 2.08 bits per heavy atom. The third-order valence-corrected chi connectivity index (χ3v) is 2.67. The van der Waals surface area contributed by atoms with Crippen LogP contribution in [0, 0.1) is 0 Å². The number of aryl methyl sites for hydroxylation is 2. The van der Waals surface area contributed by atoms with Gasteiger partial charge in [0.15, 0.2) is 0 Å². The molecule has 1 aromatic heterocycles. The molecule has 2 rings (SSSR count). The highest BCUT2D eigenvalue weighted by Gasteiger charge is 2.11. The van der Waals surface area contributed by atoms with Crippen LogP contribution in [0.3, 0.4) is 0 Å². The van der Waals surface area contributed by atoms with Crippen molar-refractivity contribution in [3.63, 3.8) is 0 Å². The summed E-state index contributed by atoms with van der Waals surface area (Å²) in [5.41, 5.74) is 9.52. The summed E-state index contributed by atoms with van der Waals surface area (Å²) in [5.74, 6) is 0. The van der Waals surface area contributed by atoms with Gasteiger partial charge in [-0.1, -0.05) is 6.07 Å². The third-order valence-electron chi connectivity index (χ3n) is 2.67. The minimum atomic E-state index is 0.0622. The first-order chi connectivity index (χ1) is 6.27. The van der Waals surface area contributed by atoms with Crippen molar-refractivity contribution < 1.29 is 0 Å². The molecule has 2 N–H and O–H groups in total. The lowest BCUT2D eigenvalue weighted by molar-refractivity contribution is 0.654. The SMILES string of the molecule is C[C@H](N)c1ccc2c(n1)CCCC2. The average molecular weight is 176 g/mol. The molecule has 0 aromatic carbocycles. The molecule has 0 unspecified atom stereocenters. The second-order valence-corrected chi connectivity index (χ2v) is 3.84. The Morgan fingerprint density at radius 1 is 1.31 bits per heavy atom. The number of nitrogens with two attached hydrogens (primary N) is 1. The molecule has 1 aromatic rings. The minimum absolute atomic E-state index is 0.0622. The van der Waals surface area contributed by atoms with Gasteiger partial charge in [-0.2, -0.15) is 0 Å². The van der Waals surface area contributed by atoms with Gasteiger partial charge >= 0.3 is 0 Å². The molecule has 0 spiro atoms. The maximum Gasteiger partial charge on any atom is 0.0571 e. The smallest absolute Gasteiger partial charge is 0.0571 e. The van der Waals surface area contributed by atoms with Crippen LogP contribution in [-0.2, 0) is 12.8 Å². The summed E-state index contributed by atoms with van der Waals surface area (Å²) in [4.78, 5) is 4.59. The fourth-order valence-electron chi connectivity index (χ4n) is 1.85. The molecule has 0 aliphatic heterocycles. The van der Waals surface area contributed by atoms with Gasteiger partial charge in [-0.3, -0.25) is 4.98 Å². The van der Waals surface area contributed by atoms with Crippen LogP contribution in [0.4, 0.5) is 0 Å². The Balaban J connectivity index is 2.35. The number of nitrogens with zero attached hydrogens (tertiary/aromatic N) is 1. The lowest BCUT2D eigenvalue weighted by Gasteiger charge is -2.16. The summed E-state index contributed by atoms with van der Waals surface area (Å²) >= 11 is 0. The zero-order valence-corrected chi connectivity index (χ0v) is 8.09. The van der Waals surface area contributed by atoms with E-state index in [0.717, 1.165) is 12.1 Å². The highest BCUT2D eigenvalue weighted by molar-refractivity contribution is 5.26. The molecule has 0 amide bonds. The molecule has 0 fully saturated rings. The molecule has 13 heavy (non-hydrogen) atoms. The second kappa shape index (κ2) is 3.46. The monoisotopic (exact) mass is 176 g/mol. The maximum atomic E-state index is 5.78. The summed E-state index contributed by atoms with van der Waals surface area (Å²) in [6.07, 6.45) is 4.92. The number of rotatable bonds is 1. The Morgan fingerprint density at radius 3 is 2.85 bits per heavy atom. The number of fused-ring (bicyclic) bond motifs is 1. The normalized spacial score (nSPS) is 18.0. The lowest BCUT2D eigenvalue weighted by Crippen LogP contribution is -2.12. The highest BCUT2D eigenvalue weighted by Crippen LogP contribution is 2.20. The Bertz CT molecular complexity index is 305. The molecule has 1 aliphatic carbocycles. The van der Waals surface area contributed by atoms with Gasteiger partial charge in [0, 0.05) is 11.7 Å². The zero-order chi connectivity index (χ0) is 9.26. The molecule has 2 heteroatoms. The van der Waals surface area contributed by atoms with Crippen molar-refractivity contribution in [1.82, 2.24) is 4.98 Å². The van der Waals surface area contributed by atoms with E-state index in [1.165, 1.54) is 30.5 Å². The first-order valence-corrected chi connectivity index (χ1v) is 5.01. The molecule has 1 aliphatic rings. The van der Waals surface area contributed by atoms with Crippen molar-refractivity contribution in [2.24, 2.45) is 5.73 Å². The van der Waals surface area contributed by atoms with Gasteiger partial charge in [0.05, 0.1) is 5.69 Å². The molecule has 0 saturated carbocycles. The fraction of sp³-hybridized carbons (Fsp3) is 0.545. The number of hydrogen-bond acceptors (Lipinski definition) is 2. The molecular formula is C11H16N2. The van der Waals surface area contributed by atoms with Crippen LogP contribution in [-0.4, -0.2) is 4.98 Å². The molecule has 1 atom stereocenters. The standard InChI is InChI=1S/C11H16N2/c1-8(12)10-7-6-9-4-2-3-5-11(9)13-10/h6-8H,2-5,12H2,1H3/t8-/m0/s1. The van der Waals surface area contributed by atoms with Crippen LogP contribution in [0.25, 0.3) is 0 Å². The summed E-state index contributed by atoms with van der Waals surface area (Å²) in [6, 6.07) is 4.32. The van der Waals surface area contributed by atoms with Crippen LogP contribution in [0.1, 0.15) is 42.8 Å². The molecule has 70 valence electrons. The van der Waals surface area contributed by atoms with Gasteiger partial charge in [0.2, 0.25) is 0 Å². The zero-order valence-electron chi connectivity index (χ0n) is 8.09. The first kappa shape index (κ1) is 8.70. The summed E-state index contributed by atoms with van der Waals surface area (Å²) in [5, 5.41) is 0. The van der Waals surface area contributed by atoms with Gasteiger partial charge in [0.1, 0.15) is 0 Å². The van der Waals surface area contributed by atoms with Crippen molar-refractivity contribution in [2.75, 3.05) is 0 Å². The topological polar surface area (TPSA) is 38.9 Å². The second-order valence-electron chi connectivity index (χ2n) is 3.84. The van der Waals surface area contributed by atoms with Gasteiger partial charge in [-0.15, -0.1) is 0 Å². The fourth-order valence-corrected chi connectivity index (χ4v) is 1.85. The Hall–Kier alpha value is -0.890. The Kier molecular flexibility index (Phi) is 2.32. The van der Waals surface area contributed by atoms with E-state index in [1.54, 1.807) is 0 Å². The van der Waals surface area contributed by atoms with E-state index in [2.05, 4.69) is 17.1 Å². The van der Waals surface area contributed by atoms with Crippen LogP contribution >= 0.6 is 0 Å². The lowest BCUT2D eigenvalue weighted by atomic mass is 9.95. The molecule has 1 heterocycles. The maximum absolute atomic E-state index is 5.78. The van der Waals surface area contributed by atoms with Gasteiger partial charge < -0.3 is 5.73 Å². The minimum Gasteiger partial charge on any atom is -0.323 e. The summed E-state index contributed by atoms with van der Waals surface area (Å²) in [6.45, 7) is 1.98. The van der Waals surface area contributed by atoms with Gasteiger partial charge in [-0.25, -0.2) is 0 Å². The highest BCUT2D eigenvalue weighted by atomic mass is 14.8. The quantitative estimate of drug-likeness (QED) is 0.710. The number of pyridine rings is 1. The Labute approximate surface area is 79.2 Å². The van der Waals surface area contributed by atoms with E-state index >= 15 is 0 Å². The summed E-state index contributed by atoms with van der Waals surface area (Å²) < 4.78 is 0. The van der Waals surface area contributed by atoms with Crippen LogP contribution in [0.15, 0.2) is 12.1 Å². The van der Waals surface area contributed by atoms with E-state index in [1.807, 2.05) is 6.92 Å². The van der Waals surface area contributed by atoms with Crippen molar-refractivity contribution in [1.29, 1.82) is 0 Å². The molecule has 2 nitrogen and oxygen atoms in total. The predicted molar refractivity (Wildman–Crippen MR) is 53.5 cm³/mol. The number of hydrogen-bond donors (Lipinski definition) is 1. The number of aromatic nitrogens is 1. The van der Waals surface area contributed by atoms with Crippen molar-refractivity contribution >= 4 is 0 Å². The van der Waals surface area contributed by atoms with E-state index < -0.39 is 0 Å². The van der Waals surface area contributed by atoms with E-state index in [-0.39, 0.29) is 6.04 Å². The van der Waals surface area contributed by atoms with E-state index in [0.29, 0.717) is 0 Å². The van der Waals surface area contributed by atoms with Crippen molar-refractivity contribution in [2.45, 2.75) is 38.6 Å². The van der Waals surface area contributed by atoms with Crippen molar-refractivity contribution in [3.8, 4) is 0 Å². The summed E-state index contributed by atoms with van der Waals surface area (Å²) in [7, 11) is 0. The van der Waals surface area contributed by atoms with Gasteiger partial charge in [0.25, 0.3) is 0 Å². The first-order valence-electron chi connectivity index (χ1n) is 5.01. The molecule has 0 saturated heterocycles. The van der Waals surface area contributed by atoms with Crippen LogP contribution in [0.2, 0.25) is 0 Å². The van der Waals surface area contributed by atoms with Crippen molar-refractivity contribution in [3.05, 3.63) is 29.1 Å². The van der Waals surface area contributed by atoms with Gasteiger partial charge in [-0.05, 0) is 44.2 Å². The predicted octanol–water partition coefficient (Wildman–Crippen LogP) is 1.98. The average Bonchev–Trinajstić information content (AvgIpc) is 2.17. The molecular weight excluding hydrogens is 160 g/mol. The van der Waals surface area contributed by atoms with E-state index in [4.69, 9.17) is 5.73 Å². The largest absolute Gasteiger partial charge is 0.323 e. The molecule has 0 radical (unpaired) electrons.